The van der Waals surface area contributed by atoms with E-state index in [1.807, 2.05) is 26.1 Å². The molecular weight excluding hydrogens is 435 g/mol. The maximum atomic E-state index is 13.2. The standard InChI is InChI=1S/C19H19ClF3N7O/c1-10(2)29-7-5-15(26-29)30-14-8-11(3)28(9-13(14)25-27-30)18(31)17-16(20)12(4-6-24-17)19(21,22)23/h4-7,10-11H,8-9H2,1-3H3/t11-/m0/s1. The monoisotopic (exact) mass is 453 g/mol. The lowest BCUT2D eigenvalue weighted by atomic mass is 10.0. The van der Waals surface area contributed by atoms with Gasteiger partial charge in [-0.1, -0.05) is 16.8 Å². The van der Waals surface area contributed by atoms with Gasteiger partial charge in [-0.05, 0) is 26.8 Å². The van der Waals surface area contributed by atoms with Crippen LogP contribution in [-0.2, 0) is 19.1 Å². The summed E-state index contributed by atoms with van der Waals surface area (Å²) in [5.41, 5.74) is -0.179. The normalized spacial score (nSPS) is 16.6. The van der Waals surface area contributed by atoms with Crippen LogP contribution in [0.15, 0.2) is 24.5 Å². The van der Waals surface area contributed by atoms with Crippen molar-refractivity contribution in [3.05, 3.63) is 52.2 Å². The molecule has 0 fully saturated rings. The number of fused-ring (bicyclic) bond motifs is 1. The maximum absolute atomic E-state index is 13.2. The van der Waals surface area contributed by atoms with Crippen LogP contribution in [0, 0.1) is 0 Å². The van der Waals surface area contributed by atoms with Crippen LogP contribution < -0.4 is 0 Å². The maximum Gasteiger partial charge on any atom is 0.417 e. The van der Waals surface area contributed by atoms with Crippen LogP contribution in [0.3, 0.4) is 0 Å². The molecule has 31 heavy (non-hydrogen) atoms. The van der Waals surface area contributed by atoms with E-state index in [9.17, 15) is 18.0 Å². The molecule has 0 saturated carbocycles. The Morgan fingerprint density at radius 2 is 2.03 bits per heavy atom. The molecular formula is C19H19ClF3N7O. The molecule has 1 atom stereocenters. The van der Waals surface area contributed by atoms with Crippen LogP contribution in [0.4, 0.5) is 13.2 Å². The highest BCUT2D eigenvalue weighted by atomic mass is 35.5. The van der Waals surface area contributed by atoms with Crippen molar-refractivity contribution in [2.24, 2.45) is 0 Å². The first-order valence-electron chi connectivity index (χ1n) is 9.59. The first kappa shape index (κ1) is 21.3. The molecule has 12 heteroatoms. The Morgan fingerprint density at radius 3 is 2.68 bits per heavy atom. The SMILES string of the molecule is CC(C)n1ccc(-n2nnc3c2C[C@H](C)N(C(=O)c2nccc(C(F)(F)F)c2Cl)C3)n1. The Balaban J connectivity index is 1.63. The van der Waals surface area contributed by atoms with Gasteiger partial charge in [-0.25, -0.2) is 4.98 Å². The van der Waals surface area contributed by atoms with Crippen LogP contribution in [0.2, 0.25) is 5.02 Å². The average molecular weight is 454 g/mol. The second-order valence-corrected chi connectivity index (χ2v) is 8.03. The van der Waals surface area contributed by atoms with E-state index in [0.29, 0.717) is 17.9 Å². The fourth-order valence-electron chi connectivity index (χ4n) is 3.50. The molecule has 0 N–H and O–H groups in total. The minimum Gasteiger partial charge on any atom is -0.328 e. The van der Waals surface area contributed by atoms with Crippen molar-refractivity contribution >= 4 is 17.5 Å². The third-order valence-corrected chi connectivity index (χ3v) is 5.57. The molecule has 164 valence electrons. The fourth-order valence-corrected chi connectivity index (χ4v) is 3.80. The average Bonchev–Trinajstić information content (AvgIpc) is 3.32. The second-order valence-electron chi connectivity index (χ2n) is 7.65. The Bertz CT molecular complexity index is 1140. The van der Waals surface area contributed by atoms with E-state index in [0.717, 1.165) is 18.0 Å². The van der Waals surface area contributed by atoms with E-state index >= 15 is 0 Å². The van der Waals surface area contributed by atoms with Gasteiger partial charge < -0.3 is 4.90 Å². The third-order valence-electron chi connectivity index (χ3n) is 5.18. The number of hydrogen-bond acceptors (Lipinski definition) is 5. The highest BCUT2D eigenvalue weighted by Gasteiger charge is 2.38. The number of carbonyl (C=O) groups is 1. The second kappa shape index (κ2) is 7.63. The van der Waals surface area contributed by atoms with Crippen molar-refractivity contribution in [3.8, 4) is 5.82 Å². The zero-order chi connectivity index (χ0) is 22.5. The first-order chi connectivity index (χ1) is 14.6. The van der Waals surface area contributed by atoms with Gasteiger partial charge in [-0.3, -0.25) is 9.48 Å². The van der Waals surface area contributed by atoms with Crippen LogP contribution in [-0.4, -0.2) is 46.6 Å². The summed E-state index contributed by atoms with van der Waals surface area (Å²) in [7, 11) is 0. The smallest absolute Gasteiger partial charge is 0.328 e. The Kier molecular flexibility index (Phi) is 5.24. The number of halogens is 4. The number of rotatable bonds is 3. The summed E-state index contributed by atoms with van der Waals surface area (Å²) in [5, 5.41) is 12.1. The summed E-state index contributed by atoms with van der Waals surface area (Å²) in [6.07, 6.45) is -1.50. The lowest BCUT2D eigenvalue weighted by molar-refractivity contribution is -0.137. The van der Waals surface area contributed by atoms with E-state index in [4.69, 9.17) is 11.6 Å². The summed E-state index contributed by atoms with van der Waals surface area (Å²) in [4.78, 5) is 18.2. The molecule has 3 aromatic rings. The summed E-state index contributed by atoms with van der Waals surface area (Å²) in [5.74, 6) is -0.0788. The van der Waals surface area contributed by atoms with E-state index in [-0.39, 0.29) is 18.6 Å². The summed E-state index contributed by atoms with van der Waals surface area (Å²) >= 11 is 5.89. The van der Waals surface area contributed by atoms with Gasteiger partial charge in [-0.2, -0.15) is 23.0 Å². The molecule has 1 aliphatic rings. The molecule has 0 saturated heterocycles. The molecule has 0 aliphatic carbocycles. The Morgan fingerprint density at radius 1 is 1.29 bits per heavy atom. The van der Waals surface area contributed by atoms with Crippen LogP contribution in [0.5, 0.6) is 0 Å². The highest BCUT2D eigenvalue weighted by molar-refractivity contribution is 6.34. The molecule has 0 aromatic carbocycles. The van der Waals surface area contributed by atoms with Gasteiger partial charge in [0, 0.05) is 37.0 Å². The topological polar surface area (TPSA) is 81.7 Å². The Labute approximate surface area is 180 Å². The number of alkyl halides is 3. The van der Waals surface area contributed by atoms with Gasteiger partial charge in [0.05, 0.1) is 22.8 Å². The fraction of sp³-hybridized carbons (Fsp3) is 0.421. The summed E-state index contributed by atoms with van der Waals surface area (Å²) in [6, 6.07) is 2.42. The van der Waals surface area contributed by atoms with E-state index in [1.165, 1.54) is 4.90 Å². The number of nitrogens with zero attached hydrogens (tertiary/aromatic N) is 7. The van der Waals surface area contributed by atoms with Crippen molar-refractivity contribution in [2.45, 2.75) is 52.0 Å². The molecule has 1 aliphatic heterocycles. The van der Waals surface area contributed by atoms with E-state index < -0.39 is 28.4 Å². The lowest BCUT2D eigenvalue weighted by Gasteiger charge is -2.32. The number of pyridine rings is 1. The largest absolute Gasteiger partial charge is 0.417 e. The van der Waals surface area contributed by atoms with Gasteiger partial charge in [0.15, 0.2) is 5.82 Å². The molecule has 3 aromatic heterocycles. The highest BCUT2D eigenvalue weighted by Crippen LogP contribution is 2.36. The zero-order valence-corrected chi connectivity index (χ0v) is 17.7. The van der Waals surface area contributed by atoms with Crippen LogP contribution in [0.25, 0.3) is 5.82 Å². The third kappa shape index (κ3) is 3.78. The summed E-state index contributed by atoms with van der Waals surface area (Å²) < 4.78 is 42.9. The molecule has 0 radical (unpaired) electrons. The molecule has 4 heterocycles. The van der Waals surface area contributed by atoms with Crippen molar-refractivity contribution in [3.63, 3.8) is 0 Å². The summed E-state index contributed by atoms with van der Waals surface area (Å²) in [6.45, 7) is 5.89. The zero-order valence-electron chi connectivity index (χ0n) is 16.9. The molecule has 4 rings (SSSR count). The van der Waals surface area contributed by atoms with E-state index in [1.54, 1.807) is 16.3 Å². The molecule has 0 bridgehead atoms. The quantitative estimate of drug-likeness (QED) is 0.604. The Hall–Kier alpha value is -2.95. The molecule has 0 unspecified atom stereocenters. The van der Waals surface area contributed by atoms with Crippen LogP contribution >= 0.6 is 11.6 Å². The minimum absolute atomic E-state index is 0.0779. The van der Waals surface area contributed by atoms with Crippen molar-refractivity contribution in [2.75, 3.05) is 0 Å². The van der Waals surface area contributed by atoms with Gasteiger partial charge in [0.2, 0.25) is 0 Å². The van der Waals surface area contributed by atoms with Gasteiger partial charge in [0.25, 0.3) is 5.91 Å². The van der Waals surface area contributed by atoms with Gasteiger partial charge in [-0.15, -0.1) is 5.10 Å². The predicted molar refractivity (Wildman–Crippen MR) is 105 cm³/mol. The van der Waals surface area contributed by atoms with Crippen molar-refractivity contribution in [1.82, 2.24) is 34.7 Å². The van der Waals surface area contributed by atoms with Gasteiger partial charge in [0.1, 0.15) is 11.4 Å². The number of hydrogen-bond donors (Lipinski definition) is 0. The van der Waals surface area contributed by atoms with Crippen molar-refractivity contribution in [1.29, 1.82) is 0 Å². The van der Waals surface area contributed by atoms with Crippen LogP contribution in [0.1, 0.15) is 54.3 Å². The van der Waals surface area contributed by atoms with E-state index in [2.05, 4.69) is 20.4 Å². The number of amides is 1. The number of carbonyl (C=O) groups excluding carboxylic acids is 1. The molecule has 8 nitrogen and oxygen atoms in total. The minimum atomic E-state index is -4.68. The lowest BCUT2D eigenvalue weighted by Crippen LogP contribution is -2.43. The van der Waals surface area contributed by atoms with Crippen molar-refractivity contribution < 1.29 is 18.0 Å². The molecule has 0 spiro atoms. The number of aromatic nitrogens is 6. The first-order valence-corrected chi connectivity index (χ1v) is 9.97. The van der Waals surface area contributed by atoms with Gasteiger partial charge >= 0.3 is 6.18 Å². The molecule has 1 amide bonds. The predicted octanol–water partition coefficient (Wildman–Crippen LogP) is 3.70.